The minimum atomic E-state index is 0. The lowest BCUT2D eigenvalue weighted by Gasteiger charge is -2.31. The van der Waals surface area contributed by atoms with Crippen molar-refractivity contribution < 1.29 is 9.53 Å². The van der Waals surface area contributed by atoms with Crippen LogP contribution in [0.3, 0.4) is 0 Å². The fraction of sp³-hybridized carbons (Fsp3) is 0.588. The van der Waals surface area contributed by atoms with Crippen LogP contribution in [0.2, 0.25) is 0 Å². The van der Waals surface area contributed by atoms with Crippen LogP contribution in [0.25, 0.3) is 0 Å². The van der Waals surface area contributed by atoms with Gasteiger partial charge in [-0.3, -0.25) is 4.79 Å². The number of nitrogens with zero attached hydrogens (tertiary/aromatic N) is 1. The van der Waals surface area contributed by atoms with E-state index in [4.69, 9.17) is 4.74 Å². The Hall–Kier alpha value is -1.26. The minimum Gasteiger partial charge on any atom is -0.483 e. The number of carbonyl (C=O) groups excluding carboxylic acids is 1. The van der Waals surface area contributed by atoms with Crippen LogP contribution < -0.4 is 10.1 Å². The number of benzene rings is 1. The van der Waals surface area contributed by atoms with E-state index in [2.05, 4.69) is 24.4 Å². The van der Waals surface area contributed by atoms with E-state index in [0.717, 1.165) is 42.8 Å². The second-order valence-corrected chi connectivity index (χ2v) is 5.96. The van der Waals surface area contributed by atoms with Crippen molar-refractivity contribution >= 4 is 18.3 Å². The molecule has 1 fully saturated rings. The molecule has 124 valence electrons. The number of amides is 1. The zero-order chi connectivity index (χ0) is 15.4. The van der Waals surface area contributed by atoms with Crippen molar-refractivity contribution in [3.05, 3.63) is 28.8 Å². The molecule has 1 heterocycles. The van der Waals surface area contributed by atoms with Crippen LogP contribution in [0.15, 0.2) is 12.1 Å². The molecule has 1 saturated heterocycles. The van der Waals surface area contributed by atoms with Gasteiger partial charge in [-0.2, -0.15) is 0 Å². The maximum absolute atomic E-state index is 12.2. The first-order valence-electron chi connectivity index (χ1n) is 7.67. The van der Waals surface area contributed by atoms with Gasteiger partial charge < -0.3 is 15.0 Å². The third kappa shape index (κ3) is 4.62. The van der Waals surface area contributed by atoms with Crippen LogP contribution in [0.4, 0.5) is 0 Å². The molecule has 1 aromatic carbocycles. The predicted octanol–water partition coefficient (Wildman–Crippen LogP) is 2.62. The molecular weight excluding hydrogens is 300 g/mol. The second-order valence-electron chi connectivity index (χ2n) is 5.96. The van der Waals surface area contributed by atoms with Gasteiger partial charge in [0.2, 0.25) is 0 Å². The zero-order valence-corrected chi connectivity index (χ0v) is 14.8. The summed E-state index contributed by atoms with van der Waals surface area (Å²) >= 11 is 0. The maximum Gasteiger partial charge on any atom is 0.260 e. The third-order valence-electron chi connectivity index (χ3n) is 4.20. The van der Waals surface area contributed by atoms with Crippen molar-refractivity contribution in [3.8, 4) is 5.75 Å². The Balaban J connectivity index is 0.00000242. The standard InChI is InChI=1S/C17H26N2O2.ClH/c1-12-9-13(2)17(14(3)10-12)21-11-16(20)19-7-5-15(18-4)6-8-19;/h9-10,15,18H,5-8,11H2,1-4H3;1H. The van der Waals surface area contributed by atoms with Gasteiger partial charge in [0.05, 0.1) is 0 Å². The quantitative estimate of drug-likeness (QED) is 0.924. The summed E-state index contributed by atoms with van der Waals surface area (Å²) in [4.78, 5) is 14.1. The summed E-state index contributed by atoms with van der Waals surface area (Å²) in [6, 6.07) is 4.72. The number of nitrogens with one attached hydrogen (secondary N) is 1. The largest absolute Gasteiger partial charge is 0.483 e. The number of ether oxygens (including phenoxy) is 1. The van der Waals surface area contributed by atoms with Crippen molar-refractivity contribution in [1.82, 2.24) is 10.2 Å². The van der Waals surface area contributed by atoms with E-state index in [1.54, 1.807) is 0 Å². The Bertz CT molecular complexity index is 488. The highest BCUT2D eigenvalue weighted by atomic mass is 35.5. The molecule has 1 N–H and O–H groups in total. The van der Waals surface area contributed by atoms with Crippen molar-refractivity contribution in [2.75, 3.05) is 26.7 Å². The molecule has 4 nitrogen and oxygen atoms in total. The summed E-state index contributed by atoms with van der Waals surface area (Å²) in [5.41, 5.74) is 3.40. The Morgan fingerprint density at radius 3 is 2.27 bits per heavy atom. The normalized spacial score (nSPS) is 15.4. The maximum atomic E-state index is 12.2. The van der Waals surface area contributed by atoms with Gasteiger partial charge in [-0.15, -0.1) is 12.4 Å². The monoisotopic (exact) mass is 326 g/mol. The average Bonchev–Trinajstić information content (AvgIpc) is 2.46. The van der Waals surface area contributed by atoms with Crippen LogP contribution in [0.1, 0.15) is 29.5 Å². The van der Waals surface area contributed by atoms with Crippen LogP contribution in [-0.2, 0) is 4.79 Å². The van der Waals surface area contributed by atoms with Gasteiger partial charge in [-0.1, -0.05) is 17.7 Å². The first kappa shape index (κ1) is 18.8. The molecule has 0 atom stereocenters. The molecular formula is C17H27ClN2O2. The highest BCUT2D eigenvalue weighted by Gasteiger charge is 2.22. The number of rotatable bonds is 4. The lowest BCUT2D eigenvalue weighted by Crippen LogP contribution is -2.45. The summed E-state index contributed by atoms with van der Waals surface area (Å²) in [5.74, 6) is 0.933. The molecule has 0 aromatic heterocycles. The number of likely N-dealkylation sites (tertiary alicyclic amines) is 1. The van der Waals surface area contributed by atoms with Crippen LogP contribution in [0, 0.1) is 20.8 Å². The smallest absolute Gasteiger partial charge is 0.260 e. The lowest BCUT2D eigenvalue weighted by molar-refractivity contribution is -0.134. The SMILES string of the molecule is CNC1CCN(C(=O)COc2c(C)cc(C)cc2C)CC1.Cl. The molecule has 0 unspecified atom stereocenters. The van der Waals surface area contributed by atoms with Crippen LogP contribution >= 0.6 is 12.4 Å². The van der Waals surface area contributed by atoms with Crippen molar-refractivity contribution in [1.29, 1.82) is 0 Å². The Morgan fingerprint density at radius 2 is 1.77 bits per heavy atom. The molecule has 1 aliphatic rings. The van der Waals surface area contributed by atoms with Crippen molar-refractivity contribution in [2.45, 2.75) is 39.7 Å². The predicted molar refractivity (Wildman–Crippen MR) is 92.1 cm³/mol. The summed E-state index contributed by atoms with van der Waals surface area (Å²) in [7, 11) is 1.98. The summed E-state index contributed by atoms with van der Waals surface area (Å²) in [6.45, 7) is 7.89. The van der Waals surface area contributed by atoms with Gasteiger partial charge in [-0.05, 0) is 51.8 Å². The minimum absolute atomic E-state index is 0. The Morgan fingerprint density at radius 1 is 1.23 bits per heavy atom. The van der Waals surface area contributed by atoms with E-state index in [0.29, 0.717) is 6.04 Å². The van der Waals surface area contributed by atoms with Gasteiger partial charge in [0, 0.05) is 19.1 Å². The lowest BCUT2D eigenvalue weighted by atomic mass is 10.1. The third-order valence-corrected chi connectivity index (χ3v) is 4.20. The molecule has 0 radical (unpaired) electrons. The highest BCUT2D eigenvalue weighted by Crippen LogP contribution is 2.24. The fourth-order valence-corrected chi connectivity index (χ4v) is 3.04. The molecule has 22 heavy (non-hydrogen) atoms. The van der Waals surface area contributed by atoms with Crippen molar-refractivity contribution in [2.24, 2.45) is 0 Å². The van der Waals surface area contributed by atoms with E-state index in [-0.39, 0.29) is 24.9 Å². The Kier molecular flexibility index (Phi) is 7.17. The highest BCUT2D eigenvalue weighted by molar-refractivity contribution is 5.85. The van der Waals surface area contributed by atoms with Gasteiger partial charge in [0.1, 0.15) is 5.75 Å². The molecule has 1 amide bonds. The summed E-state index contributed by atoms with van der Waals surface area (Å²) in [5, 5.41) is 3.27. The molecule has 5 heteroatoms. The molecule has 0 saturated carbocycles. The van der Waals surface area contributed by atoms with Gasteiger partial charge in [0.25, 0.3) is 5.91 Å². The number of carbonyl (C=O) groups is 1. The molecule has 0 spiro atoms. The van der Waals surface area contributed by atoms with Crippen LogP contribution in [-0.4, -0.2) is 43.6 Å². The number of hydrogen-bond donors (Lipinski definition) is 1. The molecule has 2 rings (SSSR count). The second kappa shape index (κ2) is 8.39. The van der Waals surface area contributed by atoms with Crippen molar-refractivity contribution in [3.63, 3.8) is 0 Å². The fourth-order valence-electron chi connectivity index (χ4n) is 3.04. The molecule has 0 bridgehead atoms. The average molecular weight is 327 g/mol. The number of aryl methyl sites for hydroxylation is 3. The topological polar surface area (TPSA) is 41.6 Å². The van der Waals surface area contributed by atoms with E-state index >= 15 is 0 Å². The first-order valence-corrected chi connectivity index (χ1v) is 7.67. The number of piperidine rings is 1. The molecule has 1 aliphatic heterocycles. The van der Waals surface area contributed by atoms with Gasteiger partial charge in [0.15, 0.2) is 6.61 Å². The van der Waals surface area contributed by atoms with Gasteiger partial charge >= 0.3 is 0 Å². The van der Waals surface area contributed by atoms with E-state index in [1.165, 1.54) is 5.56 Å². The van der Waals surface area contributed by atoms with E-state index in [9.17, 15) is 4.79 Å². The Labute approximate surface area is 139 Å². The summed E-state index contributed by atoms with van der Waals surface area (Å²) in [6.07, 6.45) is 2.04. The first-order chi connectivity index (χ1) is 10.0. The van der Waals surface area contributed by atoms with Crippen LogP contribution in [0.5, 0.6) is 5.75 Å². The van der Waals surface area contributed by atoms with E-state index in [1.807, 2.05) is 25.8 Å². The van der Waals surface area contributed by atoms with Gasteiger partial charge in [-0.25, -0.2) is 0 Å². The number of hydrogen-bond acceptors (Lipinski definition) is 3. The zero-order valence-electron chi connectivity index (χ0n) is 13.9. The summed E-state index contributed by atoms with van der Waals surface area (Å²) < 4.78 is 5.78. The van der Waals surface area contributed by atoms with E-state index < -0.39 is 0 Å². The molecule has 1 aromatic rings. The number of halogens is 1. The molecule has 0 aliphatic carbocycles.